The van der Waals surface area contributed by atoms with Crippen LogP contribution in [0.4, 0.5) is 5.69 Å². The highest BCUT2D eigenvalue weighted by Crippen LogP contribution is 2.20. The van der Waals surface area contributed by atoms with E-state index >= 15 is 0 Å². The van der Waals surface area contributed by atoms with E-state index in [2.05, 4.69) is 75.1 Å². The molecule has 0 radical (unpaired) electrons. The molecule has 0 aromatic heterocycles. The van der Waals surface area contributed by atoms with Crippen LogP contribution in [0.25, 0.3) is 0 Å². The van der Waals surface area contributed by atoms with Gasteiger partial charge in [-0.2, -0.15) is 0 Å². The predicted molar refractivity (Wildman–Crippen MR) is 131 cm³/mol. The molecule has 0 spiro atoms. The van der Waals surface area contributed by atoms with Crippen LogP contribution in [0.1, 0.15) is 36.8 Å². The Morgan fingerprint density at radius 3 is 2.66 bits per heavy atom. The molecule has 0 saturated carbocycles. The number of fused-ring (bicyclic) bond motifs is 1. The van der Waals surface area contributed by atoms with Gasteiger partial charge in [0.15, 0.2) is 5.96 Å². The van der Waals surface area contributed by atoms with Crippen molar-refractivity contribution in [1.82, 2.24) is 15.5 Å². The van der Waals surface area contributed by atoms with Gasteiger partial charge in [0.05, 0.1) is 0 Å². The lowest BCUT2D eigenvalue weighted by atomic mass is 9.99. The van der Waals surface area contributed by atoms with Gasteiger partial charge in [-0.05, 0) is 48.9 Å². The largest absolute Gasteiger partial charge is 0.369 e. The van der Waals surface area contributed by atoms with Gasteiger partial charge < -0.3 is 20.4 Å². The van der Waals surface area contributed by atoms with E-state index in [1.54, 1.807) is 0 Å². The first-order valence-electron chi connectivity index (χ1n) is 11.8. The van der Waals surface area contributed by atoms with Gasteiger partial charge in [-0.15, -0.1) is 0 Å². The molecule has 2 aliphatic heterocycles. The molecule has 2 heterocycles. The van der Waals surface area contributed by atoms with Crippen LogP contribution in [0, 0.1) is 0 Å². The second-order valence-electron chi connectivity index (χ2n) is 8.70. The van der Waals surface area contributed by atoms with Crippen molar-refractivity contribution in [2.45, 2.75) is 44.7 Å². The van der Waals surface area contributed by atoms with Crippen LogP contribution in [-0.2, 0) is 17.8 Å². The summed E-state index contributed by atoms with van der Waals surface area (Å²) in [6, 6.07) is 19.4. The molecule has 2 aliphatic rings. The van der Waals surface area contributed by atoms with Gasteiger partial charge in [0.2, 0.25) is 5.91 Å². The molecule has 0 bridgehead atoms. The fraction of sp³-hybridized carbons (Fsp3) is 0.462. The highest BCUT2D eigenvalue weighted by molar-refractivity contribution is 5.80. The van der Waals surface area contributed by atoms with Crippen LogP contribution in [0.5, 0.6) is 0 Å². The monoisotopic (exact) mass is 433 g/mol. The van der Waals surface area contributed by atoms with Gasteiger partial charge in [0.1, 0.15) is 0 Å². The molecule has 0 aliphatic carbocycles. The quantitative estimate of drug-likeness (QED) is 0.417. The zero-order chi connectivity index (χ0) is 22.2. The Balaban J connectivity index is 1.18. The van der Waals surface area contributed by atoms with Gasteiger partial charge in [0.25, 0.3) is 0 Å². The topological polar surface area (TPSA) is 60.0 Å². The summed E-state index contributed by atoms with van der Waals surface area (Å²) in [6.45, 7) is 4.37. The van der Waals surface area contributed by atoms with Crippen molar-refractivity contribution >= 4 is 17.6 Å². The van der Waals surface area contributed by atoms with Gasteiger partial charge in [-0.1, -0.05) is 42.5 Å². The van der Waals surface area contributed by atoms with Crippen LogP contribution in [0.3, 0.4) is 0 Å². The lowest BCUT2D eigenvalue weighted by molar-refractivity contribution is -0.132. The number of amides is 1. The van der Waals surface area contributed by atoms with Crippen molar-refractivity contribution < 1.29 is 4.79 Å². The Labute approximate surface area is 191 Å². The Bertz CT molecular complexity index is 913. The third kappa shape index (κ3) is 5.81. The van der Waals surface area contributed by atoms with E-state index in [-0.39, 0.29) is 5.91 Å². The zero-order valence-corrected chi connectivity index (χ0v) is 19.1. The minimum atomic E-state index is 0.245. The maximum Gasteiger partial charge on any atom is 0.222 e. The minimum Gasteiger partial charge on any atom is -0.369 e. The van der Waals surface area contributed by atoms with Gasteiger partial charge in [-0.25, -0.2) is 0 Å². The molecule has 1 fully saturated rings. The zero-order valence-electron chi connectivity index (χ0n) is 19.1. The second-order valence-corrected chi connectivity index (χ2v) is 8.70. The molecular weight excluding hydrogens is 398 g/mol. The van der Waals surface area contributed by atoms with Crippen molar-refractivity contribution in [1.29, 1.82) is 0 Å². The van der Waals surface area contributed by atoms with E-state index in [4.69, 9.17) is 0 Å². The van der Waals surface area contributed by atoms with E-state index in [9.17, 15) is 4.79 Å². The Morgan fingerprint density at radius 1 is 1.06 bits per heavy atom. The molecule has 6 heteroatoms. The number of carbonyl (C=O) groups is 1. The first kappa shape index (κ1) is 22.2. The number of hydrogen-bond donors (Lipinski definition) is 2. The number of benzene rings is 2. The summed E-state index contributed by atoms with van der Waals surface area (Å²) in [5.74, 6) is 1.07. The van der Waals surface area contributed by atoms with Crippen molar-refractivity contribution in [3.8, 4) is 0 Å². The number of nitrogens with one attached hydrogen (secondary N) is 2. The average Bonchev–Trinajstić information content (AvgIpc) is 2.86. The lowest BCUT2D eigenvalue weighted by Gasteiger charge is -2.35. The second kappa shape index (κ2) is 11.0. The number of para-hydroxylation sites is 1. The van der Waals surface area contributed by atoms with Crippen molar-refractivity contribution in [3.05, 3.63) is 65.7 Å². The lowest BCUT2D eigenvalue weighted by Crippen LogP contribution is -2.51. The smallest absolute Gasteiger partial charge is 0.222 e. The molecule has 2 aromatic rings. The SMILES string of the molecule is CN=C(NCCCC(=O)N1CCc2ccccc2C1)NC1CCCN(c2ccccc2)C1. The maximum absolute atomic E-state index is 12.7. The van der Waals surface area contributed by atoms with Crippen LogP contribution < -0.4 is 15.5 Å². The number of carbonyl (C=O) groups excluding carboxylic acids is 1. The number of guanidine groups is 1. The van der Waals surface area contributed by atoms with E-state index < -0.39 is 0 Å². The van der Waals surface area contributed by atoms with Crippen molar-refractivity contribution in [3.63, 3.8) is 0 Å². The summed E-state index contributed by atoms with van der Waals surface area (Å²) in [6.07, 6.45) is 4.63. The number of piperidine rings is 1. The highest BCUT2D eigenvalue weighted by Gasteiger charge is 2.22. The number of hydrogen-bond acceptors (Lipinski definition) is 3. The van der Waals surface area contributed by atoms with E-state index in [1.807, 2.05) is 11.9 Å². The molecule has 1 atom stereocenters. The molecule has 2 aromatic carbocycles. The Morgan fingerprint density at radius 2 is 1.84 bits per heavy atom. The summed E-state index contributed by atoms with van der Waals surface area (Å²) >= 11 is 0. The standard InChI is InChI=1S/C26H35N5O/c1-27-26(29-23-11-8-17-30(20-23)24-12-3-2-4-13-24)28-16-7-14-25(32)31-18-15-21-9-5-6-10-22(21)19-31/h2-6,9-10,12-13,23H,7-8,11,14-20H2,1H3,(H2,27,28,29). The first-order chi connectivity index (χ1) is 15.7. The highest BCUT2D eigenvalue weighted by atomic mass is 16.2. The third-order valence-corrected chi connectivity index (χ3v) is 6.45. The van der Waals surface area contributed by atoms with Gasteiger partial charge in [-0.3, -0.25) is 9.79 Å². The Hall–Kier alpha value is -3.02. The van der Waals surface area contributed by atoms with E-state index in [0.29, 0.717) is 12.5 Å². The molecule has 6 nitrogen and oxygen atoms in total. The predicted octanol–water partition coefficient (Wildman–Crippen LogP) is 3.19. The van der Waals surface area contributed by atoms with Gasteiger partial charge in [0, 0.05) is 57.9 Å². The van der Waals surface area contributed by atoms with E-state index in [0.717, 1.165) is 64.4 Å². The first-order valence-corrected chi connectivity index (χ1v) is 11.8. The maximum atomic E-state index is 12.7. The van der Waals surface area contributed by atoms with Gasteiger partial charge >= 0.3 is 0 Å². The summed E-state index contributed by atoms with van der Waals surface area (Å²) in [4.78, 5) is 21.5. The normalized spacial score (nSPS) is 18.8. The van der Waals surface area contributed by atoms with Crippen molar-refractivity contribution in [2.24, 2.45) is 4.99 Å². The third-order valence-electron chi connectivity index (χ3n) is 6.45. The molecule has 1 amide bonds. The molecule has 170 valence electrons. The van der Waals surface area contributed by atoms with Crippen LogP contribution in [-0.4, -0.2) is 56.0 Å². The summed E-state index contributed by atoms with van der Waals surface area (Å²) in [7, 11) is 1.81. The van der Waals surface area contributed by atoms with Crippen LogP contribution in [0.15, 0.2) is 59.6 Å². The average molecular weight is 434 g/mol. The fourth-order valence-corrected chi connectivity index (χ4v) is 4.67. The summed E-state index contributed by atoms with van der Waals surface area (Å²) in [5, 5.41) is 6.96. The van der Waals surface area contributed by atoms with Crippen LogP contribution >= 0.6 is 0 Å². The minimum absolute atomic E-state index is 0.245. The molecule has 32 heavy (non-hydrogen) atoms. The number of nitrogens with zero attached hydrogens (tertiary/aromatic N) is 3. The molecule has 1 unspecified atom stereocenters. The van der Waals surface area contributed by atoms with Crippen molar-refractivity contribution in [2.75, 3.05) is 38.1 Å². The number of rotatable bonds is 6. The number of aliphatic imine (C=N–C) groups is 1. The molecule has 1 saturated heterocycles. The molecule has 2 N–H and O–H groups in total. The number of anilines is 1. The summed E-state index contributed by atoms with van der Waals surface area (Å²) in [5.41, 5.74) is 3.94. The van der Waals surface area contributed by atoms with E-state index in [1.165, 1.54) is 16.8 Å². The Kier molecular flexibility index (Phi) is 7.64. The summed E-state index contributed by atoms with van der Waals surface area (Å²) < 4.78 is 0. The molecule has 4 rings (SSSR count). The molecular formula is C26H35N5O. The fourth-order valence-electron chi connectivity index (χ4n) is 4.67. The van der Waals surface area contributed by atoms with Crippen LogP contribution in [0.2, 0.25) is 0 Å².